The average molecular weight is 440 g/mol. The first kappa shape index (κ1) is 20.9. The van der Waals surface area contributed by atoms with Crippen LogP contribution < -0.4 is 14.2 Å². The van der Waals surface area contributed by atoms with Crippen molar-refractivity contribution in [2.24, 2.45) is 7.05 Å². The lowest BCUT2D eigenvalue weighted by molar-refractivity contribution is 0.101. The van der Waals surface area contributed by atoms with Crippen LogP contribution in [-0.4, -0.2) is 17.5 Å². The van der Waals surface area contributed by atoms with Crippen LogP contribution in [0.2, 0.25) is 0 Å². The van der Waals surface area contributed by atoms with Crippen molar-refractivity contribution in [1.29, 1.82) is 0 Å². The zero-order valence-electron chi connectivity index (χ0n) is 19.1. The van der Waals surface area contributed by atoms with E-state index in [0.29, 0.717) is 29.4 Å². The third-order valence-corrected chi connectivity index (χ3v) is 6.07. The zero-order valence-corrected chi connectivity index (χ0v) is 19.1. The van der Waals surface area contributed by atoms with Gasteiger partial charge in [-0.25, -0.2) is 0 Å². The van der Waals surface area contributed by atoms with Crippen molar-refractivity contribution in [2.45, 2.75) is 20.5 Å². The van der Waals surface area contributed by atoms with E-state index in [9.17, 15) is 4.79 Å². The summed E-state index contributed by atoms with van der Waals surface area (Å²) in [5.41, 5.74) is 5.62. The second-order valence-corrected chi connectivity index (χ2v) is 8.36. The molecule has 3 aromatic carbocycles. The molecule has 0 saturated heterocycles. The molecule has 0 atom stereocenters. The highest BCUT2D eigenvalue weighted by molar-refractivity contribution is 6.15. The number of Topliss-reactive ketones (excluding diaryl/α,β-unsaturated/α-hetero) is 1. The minimum absolute atomic E-state index is 0.127. The SMILES string of the molecule is COc1ccc2c(c1)c(/C=C1/Oc3c(ccc(OCc4ccc(C)cc4)c3C)C1=O)cn2C. The third kappa shape index (κ3) is 3.76. The summed E-state index contributed by atoms with van der Waals surface area (Å²) in [4.78, 5) is 13.1. The van der Waals surface area contributed by atoms with Crippen LogP contribution in [0, 0.1) is 13.8 Å². The van der Waals surface area contributed by atoms with Gasteiger partial charge in [0.25, 0.3) is 0 Å². The fraction of sp³-hybridized carbons (Fsp3) is 0.179. The predicted octanol–water partition coefficient (Wildman–Crippen LogP) is 6.00. The number of aromatic nitrogens is 1. The Morgan fingerprint density at radius 2 is 1.82 bits per heavy atom. The number of ketones is 1. The quantitative estimate of drug-likeness (QED) is 0.358. The van der Waals surface area contributed by atoms with E-state index < -0.39 is 0 Å². The Hall–Kier alpha value is -3.99. The monoisotopic (exact) mass is 439 g/mol. The second kappa shape index (κ2) is 8.17. The summed E-state index contributed by atoms with van der Waals surface area (Å²) in [5.74, 6) is 2.21. The summed E-state index contributed by atoms with van der Waals surface area (Å²) in [6.07, 6.45) is 3.79. The van der Waals surface area contributed by atoms with Crippen molar-refractivity contribution >= 4 is 22.8 Å². The first-order chi connectivity index (χ1) is 15.9. The Bertz CT molecular complexity index is 1410. The van der Waals surface area contributed by atoms with Gasteiger partial charge >= 0.3 is 0 Å². The van der Waals surface area contributed by atoms with E-state index in [1.165, 1.54) is 5.56 Å². The van der Waals surface area contributed by atoms with Crippen LogP contribution in [0.25, 0.3) is 17.0 Å². The molecule has 0 bridgehead atoms. The van der Waals surface area contributed by atoms with Crippen LogP contribution in [0.3, 0.4) is 0 Å². The van der Waals surface area contributed by atoms with Crippen molar-refractivity contribution in [3.63, 3.8) is 0 Å². The van der Waals surface area contributed by atoms with Crippen molar-refractivity contribution < 1.29 is 19.0 Å². The minimum atomic E-state index is -0.127. The molecule has 1 aliphatic rings. The van der Waals surface area contributed by atoms with Gasteiger partial charge in [0, 0.05) is 35.3 Å². The number of hydrogen-bond acceptors (Lipinski definition) is 4. The number of fused-ring (bicyclic) bond motifs is 2. The summed E-state index contributed by atoms with van der Waals surface area (Å²) < 4.78 is 19.5. The molecular formula is C28H25NO4. The fourth-order valence-electron chi connectivity index (χ4n) is 4.15. The highest BCUT2D eigenvalue weighted by atomic mass is 16.5. The van der Waals surface area contributed by atoms with Gasteiger partial charge in [-0.3, -0.25) is 4.79 Å². The lowest BCUT2D eigenvalue weighted by Crippen LogP contribution is -1.98. The molecule has 0 spiro atoms. The van der Waals surface area contributed by atoms with Crippen LogP contribution >= 0.6 is 0 Å². The molecule has 0 amide bonds. The fourth-order valence-corrected chi connectivity index (χ4v) is 4.15. The van der Waals surface area contributed by atoms with E-state index in [0.717, 1.165) is 33.3 Å². The van der Waals surface area contributed by atoms with Crippen LogP contribution in [0.5, 0.6) is 17.2 Å². The van der Waals surface area contributed by atoms with Gasteiger partial charge in [0.15, 0.2) is 5.76 Å². The van der Waals surface area contributed by atoms with E-state index in [1.54, 1.807) is 19.3 Å². The molecule has 0 fully saturated rings. The molecule has 2 heterocycles. The molecule has 4 aromatic rings. The maximum atomic E-state index is 13.1. The van der Waals surface area contributed by atoms with Crippen molar-refractivity contribution in [2.75, 3.05) is 7.11 Å². The zero-order chi connectivity index (χ0) is 23.1. The maximum Gasteiger partial charge on any atom is 0.231 e. The number of nitrogens with zero attached hydrogens (tertiary/aromatic N) is 1. The van der Waals surface area contributed by atoms with Crippen molar-refractivity contribution in [1.82, 2.24) is 4.57 Å². The van der Waals surface area contributed by atoms with Gasteiger partial charge in [0.2, 0.25) is 5.78 Å². The normalized spacial score (nSPS) is 13.9. The van der Waals surface area contributed by atoms with Gasteiger partial charge in [0.1, 0.15) is 23.9 Å². The molecule has 0 saturated carbocycles. The van der Waals surface area contributed by atoms with Gasteiger partial charge < -0.3 is 18.8 Å². The van der Waals surface area contributed by atoms with E-state index in [2.05, 4.69) is 31.2 Å². The number of allylic oxidation sites excluding steroid dienone is 1. The molecule has 0 aliphatic carbocycles. The van der Waals surface area contributed by atoms with Crippen molar-refractivity contribution in [3.05, 3.63) is 94.4 Å². The molecule has 0 N–H and O–H groups in total. The molecule has 1 aromatic heterocycles. The van der Waals surface area contributed by atoms with E-state index >= 15 is 0 Å². The molecule has 0 radical (unpaired) electrons. The smallest absolute Gasteiger partial charge is 0.231 e. The van der Waals surface area contributed by atoms with Crippen LogP contribution in [-0.2, 0) is 13.7 Å². The summed E-state index contributed by atoms with van der Waals surface area (Å²) >= 11 is 0. The van der Waals surface area contributed by atoms with E-state index in [4.69, 9.17) is 14.2 Å². The number of aryl methyl sites for hydroxylation is 2. The number of methoxy groups -OCH3 is 1. The summed E-state index contributed by atoms with van der Waals surface area (Å²) in [6, 6.07) is 17.8. The Balaban J connectivity index is 1.44. The lowest BCUT2D eigenvalue weighted by atomic mass is 10.1. The lowest BCUT2D eigenvalue weighted by Gasteiger charge is -2.11. The summed E-state index contributed by atoms with van der Waals surface area (Å²) in [7, 11) is 3.62. The summed E-state index contributed by atoms with van der Waals surface area (Å²) in [5, 5.41) is 0.996. The van der Waals surface area contributed by atoms with E-state index in [-0.39, 0.29) is 5.78 Å². The first-order valence-corrected chi connectivity index (χ1v) is 10.8. The molecule has 1 aliphatic heterocycles. The topological polar surface area (TPSA) is 49.7 Å². The highest BCUT2D eigenvalue weighted by Gasteiger charge is 2.30. The second-order valence-electron chi connectivity index (χ2n) is 8.36. The maximum absolute atomic E-state index is 13.1. The number of hydrogen-bond donors (Lipinski definition) is 0. The van der Waals surface area contributed by atoms with Crippen LogP contribution in [0.4, 0.5) is 0 Å². The molecule has 33 heavy (non-hydrogen) atoms. The highest BCUT2D eigenvalue weighted by Crippen LogP contribution is 2.40. The van der Waals surface area contributed by atoms with Gasteiger partial charge in [-0.15, -0.1) is 0 Å². The third-order valence-electron chi connectivity index (χ3n) is 6.07. The molecule has 5 nitrogen and oxygen atoms in total. The van der Waals surface area contributed by atoms with Crippen LogP contribution in [0.1, 0.15) is 32.6 Å². The standard InChI is InChI=1S/C28H25NO4/c1-17-5-7-19(8-6-17)16-32-25-12-10-22-27(30)26(33-28(22)18(25)2)13-20-15-29(3)24-11-9-21(31-4)14-23(20)24/h5-15H,16H2,1-4H3/b26-13+. The minimum Gasteiger partial charge on any atom is -0.497 e. The molecule has 5 heteroatoms. The van der Waals surface area contributed by atoms with Crippen molar-refractivity contribution in [3.8, 4) is 17.2 Å². The van der Waals surface area contributed by atoms with Crippen LogP contribution in [0.15, 0.2) is 66.6 Å². The first-order valence-electron chi connectivity index (χ1n) is 10.8. The molecule has 5 rings (SSSR count). The Labute approximate surface area is 192 Å². The molecule has 0 unspecified atom stereocenters. The average Bonchev–Trinajstić information content (AvgIpc) is 3.31. The van der Waals surface area contributed by atoms with Gasteiger partial charge in [-0.05, 0) is 55.8 Å². The van der Waals surface area contributed by atoms with Gasteiger partial charge in [-0.2, -0.15) is 0 Å². The summed E-state index contributed by atoms with van der Waals surface area (Å²) in [6.45, 7) is 4.43. The van der Waals surface area contributed by atoms with E-state index in [1.807, 2.05) is 49.0 Å². The molecular weight excluding hydrogens is 414 g/mol. The number of benzene rings is 3. The Morgan fingerprint density at radius 3 is 2.58 bits per heavy atom. The predicted molar refractivity (Wildman–Crippen MR) is 129 cm³/mol. The number of carbonyl (C=O) groups is 1. The Morgan fingerprint density at radius 1 is 1.03 bits per heavy atom. The number of ether oxygens (including phenoxy) is 3. The largest absolute Gasteiger partial charge is 0.497 e. The van der Waals surface area contributed by atoms with Gasteiger partial charge in [-0.1, -0.05) is 29.8 Å². The molecule has 166 valence electrons. The Kier molecular flexibility index (Phi) is 5.17. The number of carbonyl (C=O) groups excluding carboxylic acids is 1. The number of rotatable bonds is 5. The van der Waals surface area contributed by atoms with Gasteiger partial charge in [0.05, 0.1) is 12.7 Å².